The number of amides is 1. The first-order valence-corrected chi connectivity index (χ1v) is 13.2. The predicted molar refractivity (Wildman–Crippen MR) is 150 cm³/mol. The van der Waals surface area contributed by atoms with Gasteiger partial charge >= 0.3 is 0 Å². The number of carbonyl (C=O) groups is 3. The van der Waals surface area contributed by atoms with E-state index in [1.54, 1.807) is 12.1 Å². The molecule has 192 valence electrons. The van der Waals surface area contributed by atoms with Crippen molar-refractivity contribution in [3.05, 3.63) is 101 Å². The number of para-hydroxylation sites is 1. The van der Waals surface area contributed by atoms with Crippen molar-refractivity contribution in [1.29, 1.82) is 0 Å². The van der Waals surface area contributed by atoms with Crippen LogP contribution in [0.1, 0.15) is 54.7 Å². The van der Waals surface area contributed by atoms with Gasteiger partial charge in [0.15, 0.2) is 11.6 Å². The van der Waals surface area contributed by atoms with E-state index >= 15 is 0 Å². The monoisotopic (exact) mass is 504 g/mol. The number of rotatable bonds is 3. The molecule has 0 saturated carbocycles. The van der Waals surface area contributed by atoms with Crippen molar-refractivity contribution in [2.24, 2.45) is 11.3 Å². The molecule has 3 aromatic rings. The fraction of sp³-hybridized carbons (Fsp3) is 0.303. The van der Waals surface area contributed by atoms with E-state index in [0.29, 0.717) is 11.3 Å². The second-order valence-corrected chi connectivity index (χ2v) is 11.9. The number of carbonyl (C=O) groups excluding carboxylic acids is 3. The second kappa shape index (κ2) is 8.26. The first kappa shape index (κ1) is 24.4. The van der Waals surface area contributed by atoms with Crippen LogP contribution in [0, 0.1) is 18.3 Å². The number of allylic oxidation sites excluding steroid dienone is 1. The van der Waals surface area contributed by atoms with Crippen LogP contribution in [0.5, 0.6) is 0 Å². The number of hydrogen-bond donors (Lipinski definition) is 1. The standard InChI is InChI=1S/C33H32N2O3/c1-19-15-16-25-22(17-19)20(2)18-26-33(23-13-9-10-14-24(23)34-31(33)38)27(29(36)21-11-7-6-8-12-21)28(35(25)26)30(37)32(3,4)5/h6-18,26-28H,1-5H3,(H,34,38)/t26-,27+,28+,33-/m1/s1. The molecule has 5 nitrogen and oxygen atoms in total. The van der Waals surface area contributed by atoms with Gasteiger partial charge < -0.3 is 10.2 Å². The molecule has 0 radical (unpaired) electrons. The van der Waals surface area contributed by atoms with Gasteiger partial charge in [0.2, 0.25) is 5.91 Å². The van der Waals surface area contributed by atoms with Crippen LogP contribution in [0.15, 0.2) is 78.9 Å². The molecule has 0 aromatic heterocycles. The number of anilines is 2. The summed E-state index contributed by atoms with van der Waals surface area (Å²) in [6.07, 6.45) is 2.10. The maximum absolute atomic E-state index is 14.6. The summed E-state index contributed by atoms with van der Waals surface area (Å²) < 4.78 is 0. The number of nitrogens with zero attached hydrogens (tertiary/aromatic N) is 1. The van der Waals surface area contributed by atoms with E-state index < -0.39 is 28.8 Å². The SMILES string of the molecule is CC1=C[C@H]2N(c3ccc(C)cc31)[C@H](C(=O)C(C)(C)C)[C@@H](C(=O)c1ccccc1)[C@]21C(=O)Nc2ccccc21. The molecule has 5 heteroatoms. The lowest BCUT2D eigenvalue weighted by Crippen LogP contribution is -2.51. The molecule has 4 atom stereocenters. The number of ketones is 2. The van der Waals surface area contributed by atoms with Gasteiger partial charge in [-0.25, -0.2) is 0 Å². The Morgan fingerprint density at radius 3 is 2.32 bits per heavy atom. The summed E-state index contributed by atoms with van der Waals surface area (Å²) >= 11 is 0. The molecule has 3 aromatic carbocycles. The van der Waals surface area contributed by atoms with Gasteiger partial charge in [-0.1, -0.05) is 87.0 Å². The number of nitrogens with one attached hydrogen (secondary N) is 1. The third-order valence-electron chi connectivity index (χ3n) is 8.48. The van der Waals surface area contributed by atoms with Crippen LogP contribution in [0.3, 0.4) is 0 Å². The predicted octanol–water partition coefficient (Wildman–Crippen LogP) is 5.97. The molecule has 38 heavy (non-hydrogen) atoms. The molecule has 1 fully saturated rings. The van der Waals surface area contributed by atoms with Crippen molar-refractivity contribution in [3.63, 3.8) is 0 Å². The fourth-order valence-corrected chi connectivity index (χ4v) is 6.77. The number of Topliss-reactive ketones (excluding diaryl/α,β-unsaturated/α-hetero) is 2. The zero-order valence-electron chi connectivity index (χ0n) is 22.4. The molecule has 1 amide bonds. The van der Waals surface area contributed by atoms with Crippen molar-refractivity contribution in [2.75, 3.05) is 10.2 Å². The lowest BCUT2D eigenvalue weighted by atomic mass is 9.63. The quantitative estimate of drug-likeness (QED) is 0.446. The van der Waals surface area contributed by atoms with Gasteiger partial charge in [-0.05, 0) is 43.2 Å². The van der Waals surface area contributed by atoms with Crippen LogP contribution in [0.2, 0.25) is 0 Å². The van der Waals surface area contributed by atoms with Crippen LogP contribution in [0.4, 0.5) is 11.4 Å². The smallest absolute Gasteiger partial charge is 0.238 e. The molecular formula is C33H32N2O3. The Balaban J connectivity index is 1.71. The fourth-order valence-electron chi connectivity index (χ4n) is 6.77. The minimum absolute atomic E-state index is 0.0506. The molecule has 0 bridgehead atoms. The van der Waals surface area contributed by atoms with Crippen molar-refractivity contribution < 1.29 is 14.4 Å². The molecule has 6 rings (SSSR count). The zero-order chi connectivity index (χ0) is 27.0. The highest BCUT2D eigenvalue weighted by Gasteiger charge is 2.71. The van der Waals surface area contributed by atoms with E-state index in [9.17, 15) is 14.4 Å². The highest BCUT2D eigenvalue weighted by Crippen LogP contribution is 2.59. The van der Waals surface area contributed by atoms with E-state index in [1.165, 1.54) is 0 Å². The first-order valence-electron chi connectivity index (χ1n) is 13.2. The van der Waals surface area contributed by atoms with Gasteiger partial charge in [-0.2, -0.15) is 0 Å². The van der Waals surface area contributed by atoms with Gasteiger partial charge in [0.1, 0.15) is 11.5 Å². The molecule has 0 aliphatic carbocycles. The lowest BCUT2D eigenvalue weighted by Gasteiger charge is -2.40. The number of fused-ring (bicyclic) bond motifs is 6. The normalized spacial score (nSPS) is 25.4. The summed E-state index contributed by atoms with van der Waals surface area (Å²) in [6.45, 7) is 9.77. The van der Waals surface area contributed by atoms with Gasteiger partial charge in [0.05, 0.1) is 12.0 Å². The van der Waals surface area contributed by atoms with Crippen molar-refractivity contribution in [1.82, 2.24) is 0 Å². The Bertz CT molecular complexity index is 1530. The largest absolute Gasteiger partial charge is 0.352 e. The van der Waals surface area contributed by atoms with Crippen LogP contribution in [-0.4, -0.2) is 29.6 Å². The summed E-state index contributed by atoms with van der Waals surface area (Å²) in [5.41, 5.74) is 4.06. The number of hydrogen-bond acceptors (Lipinski definition) is 4. The van der Waals surface area contributed by atoms with Crippen LogP contribution < -0.4 is 10.2 Å². The first-order chi connectivity index (χ1) is 18.1. The van der Waals surface area contributed by atoms with Crippen molar-refractivity contribution in [3.8, 4) is 0 Å². The minimum atomic E-state index is -1.26. The van der Waals surface area contributed by atoms with E-state index in [4.69, 9.17) is 0 Å². The summed E-state index contributed by atoms with van der Waals surface area (Å²) in [5, 5.41) is 3.09. The third kappa shape index (κ3) is 3.20. The van der Waals surface area contributed by atoms with Crippen LogP contribution in [-0.2, 0) is 15.0 Å². The van der Waals surface area contributed by atoms with Gasteiger partial charge in [-0.3, -0.25) is 14.4 Å². The molecule has 0 unspecified atom stereocenters. The van der Waals surface area contributed by atoms with Gasteiger partial charge in [-0.15, -0.1) is 0 Å². The number of aryl methyl sites for hydroxylation is 1. The van der Waals surface area contributed by atoms with Crippen molar-refractivity contribution in [2.45, 2.75) is 52.1 Å². The second-order valence-electron chi connectivity index (χ2n) is 11.9. The van der Waals surface area contributed by atoms with E-state index in [1.807, 2.05) is 82.3 Å². The van der Waals surface area contributed by atoms with Gasteiger partial charge in [0.25, 0.3) is 0 Å². The topological polar surface area (TPSA) is 66.5 Å². The third-order valence-corrected chi connectivity index (χ3v) is 8.48. The molecular weight excluding hydrogens is 472 g/mol. The maximum atomic E-state index is 14.6. The Kier molecular flexibility index (Phi) is 5.29. The summed E-state index contributed by atoms with van der Waals surface area (Å²) in [6, 6.07) is 21.6. The average Bonchev–Trinajstić information content (AvgIpc) is 3.36. The van der Waals surface area contributed by atoms with E-state index in [2.05, 4.69) is 29.3 Å². The Morgan fingerprint density at radius 2 is 1.61 bits per heavy atom. The zero-order valence-corrected chi connectivity index (χ0v) is 22.4. The average molecular weight is 505 g/mol. The Hall–Kier alpha value is -3.99. The highest BCUT2D eigenvalue weighted by molar-refractivity contribution is 6.17. The van der Waals surface area contributed by atoms with Crippen molar-refractivity contribution >= 4 is 34.4 Å². The summed E-state index contributed by atoms with van der Waals surface area (Å²) in [7, 11) is 0. The summed E-state index contributed by atoms with van der Waals surface area (Å²) in [4.78, 5) is 45.5. The van der Waals surface area contributed by atoms with Crippen LogP contribution in [0.25, 0.3) is 5.57 Å². The van der Waals surface area contributed by atoms with E-state index in [-0.39, 0.29) is 17.5 Å². The molecule has 1 N–H and O–H groups in total. The Morgan fingerprint density at radius 1 is 0.921 bits per heavy atom. The Labute approximate surface area is 223 Å². The van der Waals surface area contributed by atoms with Gasteiger partial charge in [0, 0.05) is 27.9 Å². The highest BCUT2D eigenvalue weighted by atomic mass is 16.2. The molecule has 1 spiro atoms. The maximum Gasteiger partial charge on any atom is 0.238 e. The molecule has 3 aliphatic rings. The minimum Gasteiger partial charge on any atom is -0.352 e. The molecule has 3 aliphatic heterocycles. The lowest BCUT2D eigenvalue weighted by molar-refractivity contribution is -0.128. The number of benzene rings is 3. The van der Waals surface area contributed by atoms with E-state index in [0.717, 1.165) is 28.0 Å². The molecule has 3 heterocycles. The summed E-state index contributed by atoms with van der Waals surface area (Å²) in [5.74, 6) is -1.38. The molecule has 1 saturated heterocycles. The van der Waals surface area contributed by atoms with Crippen LogP contribution >= 0.6 is 0 Å².